The van der Waals surface area contributed by atoms with Gasteiger partial charge < -0.3 is 15.4 Å². The first-order valence-electron chi connectivity index (χ1n) is 9.99. The number of anilines is 2. The van der Waals surface area contributed by atoms with Crippen LogP contribution in [0.4, 0.5) is 11.4 Å². The molecule has 0 aliphatic carbocycles. The smallest absolute Gasteiger partial charge is 0.267 e. The average Bonchev–Trinajstić information content (AvgIpc) is 2.70. The number of hydrogen-bond donors (Lipinski definition) is 2. The molecule has 1 aliphatic rings. The number of carbonyl (C=O) groups excluding carboxylic acids is 2. The van der Waals surface area contributed by atoms with Gasteiger partial charge in [0.2, 0.25) is 10.0 Å². The molecule has 8 nitrogen and oxygen atoms in total. The van der Waals surface area contributed by atoms with Gasteiger partial charge in [-0.2, -0.15) is 0 Å². The molecule has 1 heterocycles. The second-order valence-corrected chi connectivity index (χ2v) is 9.92. The van der Waals surface area contributed by atoms with Crippen LogP contribution in [0.3, 0.4) is 0 Å². The van der Waals surface area contributed by atoms with E-state index >= 15 is 0 Å². The second-order valence-electron chi connectivity index (χ2n) is 8.01. The molecule has 1 atom stereocenters. The molecule has 2 aromatic carbocycles. The number of nitrogens with one attached hydrogen (secondary N) is 2. The monoisotopic (exact) mass is 445 g/mol. The van der Waals surface area contributed by atoms with Crippen LogP contribution in [0, 0.1) is 12.8 Å². The molecule has 2 N–H and O–H groups in total. The fraction of sp³-hybridized carbons (Fsp3) is 0.364. The zero-order valence-electron chi connectivity index (χ0n) is 18.0. The van der Waals surface area contributed by atoms with Gasteiger partial charge in [0.15, 0.2) is 6.10 Å². The summed E-state index contributed by atoms with van der Waals surface area (Å²) in [5, 5.41) is 5.54. The predicted octanol–water partition coefficient (Wildman–Crippen LogP) is 2.55. The molecular weight excluding hydrogens is 418 g/mol. The number of para-hydroxylation sites is 1. The molecule has 2 amide bonds. The third-order valence-electron chi connectivity index (χ3n) is 4.78. The first-order valence-corrected chi connectivity index (χ1v) is 11.8. The van der Waals surface area contributed by atoms with E-state index in [4.69, 9.17) is 4.74 Å². The van der Waals surface area contributed by atoms with E-state index in [1.165, 1.54) is 4.31 Å². The summed E-state index contributed by atoms with van der Waals surface area (Å²) in [4.78, 5) is 25.5. The lowest BCUT2D eigenvalue weighted by atomic mass is 10.1. The topological polar surface area (TPSA) is 105 Å². The van der Waals surface area contributed by atoms with Gasteiger partial charge in [0.1, 0.15) is 5.75 Å². The van der Waals surface area contributed by atoms with Gasteiger partial charge in [-0.1, -0.05) is 32.0 Å². The Hall–Kier alpha value is -3.07. The molecule has 31 heavy (non-hydrogen) atoms. The summed E-state index contributed by atoms with van der Waals surface area (Å²) in [6, 6.07) is 11.8. The highest BCUT2D eigenvalue weighted by Crippen LogP contribution is 2.36. The van der Waals surface area contributed by atoms with Gasteiger partial charge in [-0.15, -0.1) is 0 Å². The lowest BCUT2D eigenvalue weighted by Crippen LogP contribution is -2.48. The van der Waals surface area contributed by atoms with Crippen molar-refractivity contribution >= 4 is 33.2 Å². The summed E-state index contributed by atoms with van der Waals surface area (Å²) in [7, 11) is -3.62. The summed E-state index contributed by atoms with van der Waals surface area (Å²) < 4.78 is 31.7. The molecule has 0 radical (unpaired) electrons. The molecule has 9 heteroatoms. The maximum atomic E-state index is 13.0. The van der Waals surface area contributed by atoms with E-state index in [1.54, 1.807) is 42.5 Å². The number of ether oxygens (including phenoxy) is 1. The lowest BCUT2D eigenvalue weighted by Gasteiger charge is -2.34. The number of rotatable bonds is 6. The van der Waals surface area contributed by atoms with E-state index in [-0.39, 0.29) is 18.4 Å². The van der Waals surface area contributed by atoms with E-state index in [2.05, 4.69) is 10.6 Å². The summed E-state index contributed by atoms with van der Waals surface area (Å²) >= 11 is 0. The highest BCUT2D eigenvalue weighted by molar-refractivity contribution is 7.92. The standard InChI is InChI=1S/C22H27N3O5S/c1-14(2)12-23-21(26)16-7-5-6-8-17(16)24-22(27)20-13-25(31(4,28)29)18-11-15(3)9-10-19(18)30-20/h5-11,14,20H,12-13H2,1-4H3,(H,23,26)(H,24,27)/t20-/m1/s1. The lowest BCUT2D eigenvalue weighted by molar-refractivity contribution is -0.122. The Morgan fingerprint density at radius 3 is 2.58 bits per heavy atom. The fourth-order valence-corrected chi connectivity index (χ4v) is 4.11. The Balaban J connectivity index is 1.83. The van der Waals surface area contributed by atoms with Crippen molar-refractivity contribution < 1.29 is 22.7 Å². The van der Waals surface area contributed by atoms with Gasteiger partial charge in [-0.3, -0.25) is 13.9 Å². The van der Waals surface area contributed by atoms with Gasteiger partial charge in [0.25, 0.3) is 11.8 Å². The van der Waals surface area contributed by atoms with Crippen molar-refractivity contribution in [3.63, 3.8) is 0 Å². The minimum atomic E-state index is -3.62. The zero-order valence-corrected chi connectivity index (χ0v) is 18.8. The summed E-state index contributed by atoms with van der Waals surface area (Å²) in [6.07, 6.45) is 0.0185. The normalized spacial score (nSPS) is 15.8. The third-order valence-corrected chi connectivity index (χ3v) is 5.92. The summed E-state index contributed by atoms with van der Waals surface area (Å²) in [6.45, 7) is 6.17. The van der Waals surface area contributed by atoms with Crippen molar-refractivity contribution in [2.24, 2.45) is 5.92 Å². The van der Waals surface area contributed by atoms with Gasteiger partial charge in [-0.05, 0) is 42.7 Å². The predicted molar refractivity (Wildman–Crippen MR) is 120 cm³/mol. The fourth-order valence-electron chi connectivity index (χ4n) is 3.21. The molecule has 0 saturated heterocycles. The molecule has 3 rings (SSSR count). The number of aryl methyl sites for hydroxylation is 1. The summed E-state index contributed by atoms with van der Waals surface area (Å²) in [5.74, 6) is -0.242. The van der Waals surface area contributed by atoms with Gasteiger partial charge >= 0.3 is 0 Å². The Morgan fingerprint density at radius 1 is 1.19 bits per heavy atom. The Labute approximate surface area is 182 Å². The first kappa shape index (κ1) is 22.6. The zero-order chi connectivity index (χ0) is 22.8. The van der Waals surface area contributed by atoms with Crippen LogP contribution < -0.4 is 19.7 Å². The molecule has 2 aromatic rings. The van der Waals surface area contributed by atoms with Crippen molar-refractivity contribution in [2.45, 2.75) is 26.9 Å². The molecule has 1 aliphatic heterocycles. The van der Waals surface area contributed by atoms with Crippen LogP contribution in [0.15, 0.2) is 42.5 Å². The first-order chi connectivity index (χ1) is 14.6. The maximum Gasteiger partial charge on any atom is 0.267 e. The molecule has 0 fully saturated rings. The minimum Gasteiger partial charge on any atom is -0.476 e. The molecule has 0 spiro atoms. The third kappa shape index (κ3) is 5.35. The van der Waals surface area contributed by atoms with Crippen LogP contribution in [0.25, 0.3) is 0 Å². The van der Waals surface area contributed by atoms with Crippen molar-refractivity contribution in [2.75, 3.05) is 29.0 Å². The van der Waals surface area contributed by atoms with Crippen molar-refractivity contribution in [1.29, 1.82) is 0 Å². The quantitative estimate of drug-likeness (QED) is 0.711. The highest BCUT2D eigenvalue weighted by Gasteiger charge is 2.35. The maximum absolute atomic E-state index is 13.0. The van der Waals surface area contributed by atoms with E-state index in [0.717, 1.165) is 11.8 Å². The number of benzene rings is 2. The van der Waals surface area contributed by atoms with E-state index in [1.807, 2.05) is 20.8 Å². The van der Waals surface area contributed by atoms with Crippen LogP contribution in [0.5, 0.6) is 5.75 Å². The second kappa shape index (κ2) is 8.97. The molecule has 0 aromatic heterocycles. The Bertz CT molecular complexity index is 1100. The van der Waals surface area contributed by atoms with E-state index in [9.17, 15) is 18.0 Å². The van der Waals surface area contributed by atoms with Crippen LogP contribution in [0.1, 0.15) is 29.8 Å². The van der Waals surface area contributed by atoms with Gasteiger partial charge in [-0.25, -0.2) is 8.42 Å². The largest absolute Gasteiger partial charge is 0.476 e. The van der Waals surface area contributed by atoms with Crippen molar-refractivity contribution in [1.82, 2.24) is 5.32 Å². The number of sulfonamides is 1. The average molecular weight is 446 g/mol. The molecule has 0 unspecified atom stereocenters. The number of fused-ring (bicyclic) bond motifs is 1. The number of nitrogens with zero attached hydrogens (tertiary/aromatic N) is 1. The van der Waals surface area contributed by atoms with Crippen LogP contribution in [-0.2, 0) is 14.8 Å². The summed E-state index contributed by atoms with van der Waals surface area (Å²) in [5.41, 5.74) is 1.93. The molecule has 166 valence electrons. The highest BCUT2D eigenvalue weighted by atomic mass is 32.2. The van der Waals surface area contributed by atoms with Crippen molar-refractivity contribution in [3.05, 3.63) is 53.6 Å². The molecule has 0 bridgehead atoms. The van der Waals surface area contributed by atoms with Crippen molar-refractivity contribution in [3.8, 4) is 5.75 Å². The van der Waals surface area contributed by atoms with E-state index in [0.29, 0.717) is 29.2 Å². The van der Waals surface area contributed by atoms with Crippen LogP contribution >= 0.6 is 0 Å². The van der Waals surface area contributed by atoms with Gasteiger partial charge in [0, 0.05) is 6.54 Å². The number of amides is 2. The van der Waals surface area contributed by atoms with Crippen LogP contribution in [-0.4, -0.2) is 45.7 Å². The SMILES string of the molecule is Cc1ccc2c(c1)N(S(C)(=O)=O)C[C@H](C(=O)Nc1ccccc1C(=O)NCC(C)C)O2. The molecular formula is C22H27N3O5S. The van der Waals surface area contributed by atoms with Crippen LogP contribution in [0.2, 0.25) is 0 Å². The Morgan fingerprint density at radius 2 is 1.90 bits per heavy atom. The van der Waals surface area contributed by atoms with Gasteiger partial charge in [0.05, 0.1) is 29.7 Å². The Kier molecular flexibility index (Phi) is 6.54. The minimum absolute atomic E-state index is 0.164. The number of carbonyl (C=O) groups is 2. The molecule has 0 saturated carbocycles. The van der Waals surface area contributed by atoms with E-state index < -0.39 is 22.0 Å². The number of hydrogen-bond acceptors (Lipinski definition) is 5.